The maximum absolute atomic E-state index is 10.2. The highest BCUT2D eigenvalue weighted by Gasteiger charge is 2.30. The lowest BCUT2D eigenvalue weighted by atomic mass is 9.95. The quantitative estimate of drug-likeness (QED) is 0.704. The number of nitrogens with zero attached hydrogens (tertiary/aromatic N) is 2. The van der Waals surface area contributed by atoms with Crippen molar-refractivity contribution in [2.24, 2.45) is 0 Å². The Morgan fingerprint density at radius 3 is 2.73 bits per heavy atom. The monoisotopic (exact) mass is 211 g/mol. The summed E-state index contributed by atoms with van der Waals surface area (Å²) in [6.07, 6.45) is 1.48. The number of nitriles is 1. The van der Waals surface area contributed by atoms with Crippen LogP contribution in [0.5, 0.6) is 0 Å². The number of rotatable bonds is 4. The second kappa shape index (κ2) is 5.45. The molecule has 0 spiro atoms. The molecule has 0 aromatic heterocycles. The molecule has 2 N–H and O–H groups in total. The zero-order valence-electron chi connectivity index (χ0n) is 9.66. The average Bonchev–Trinajstić information content (AvgIpc) is 2.29. The Bertz CT molecular complexity index is 232. The van der Waals surface area contributed by atoms with Crippen LogP contribution in [0.3, 0.4) is 0 Å². The molecule has 0 amide bonds. The van der Waals surface area contributed by atoms with Crippen LogP contribution in [0.2, 0.25) is 0 Å². The third kappa shape index (κ3) is 3.16. The Labute approximate surface area is 91.9 Å². The second-order valence-electron chi connectivity index (χ2n) is 4.25. The second-order valence-corrected chi connectivity index (χ2v) is 4.25. The van der Waals surface area contributed by atoms with Gasteiger partial charge in [-0.1, -0.05) is 13.8 Å². The Hall–Kier alpha value is -0.630. The summed E-state index contributed by atoms with van der Waals surface area (Å²) in [5.41, 5.74) is -0.632. The van der Waals surface area contributed by atoms with E-state index in [1.807, 2.05) is 13.8 Å². The van der Waals surface area contributed by atoms with E-state index in [9.17, 15) is 5.11 Å². The van der Waals surface area contributed by atoms with E-state index in [2.05, 4.69) is 16.3 Å². The molecule has 0 radical (unpaired) electrons. The van der Waals surface area contributed by atoms with E-state index in [0.717, 1.165) is 25.9 Å². The lowest BCUT2D eigenvalue weighted by molar-refractivity contribution is -0.0132. The summed E-state index contributed by atoms with van der Waals surface area (Å²) >= 11 is 0. The molecule has 0 aromatic carbocycles. The van der Waals surface area contributed by atoms with Gasteiger partial charge in [0.2, 0.25) is 0 Å². The Morgan fingerprint density at radius 2 is 2.20 bits per heavy atom. The van der Waals surface area contributed by atoms with E-state index in [0.29, 0.717) is 13.1 Å². The molecule has 0 bridgehead atoms. The van der Waals surface area contributed by atoms with Crippen molar-refractivity contribution in [3.05, 3.63) is 0 Å². The minimum atomic E-state index is -0.632. The van der Waals surface area contributed by atoms with Crippen molar-refractivity contribution in [1.29, 1.82) is 5.26 Å². The third-order valence-corrected chi connectivity index (χ3v) is 3.32. The minimum absolute atomic E-state index is 0.0941. The predicted octanol–water partition coefficient (Wildman–Crippen LogP) is 0.335. The first kappa shape index (κ1) is 12.4. The normalized spacial score (nSPS) is 23.7. The van der Waals surface area contributed by atoms with E-state index in [-0.39, 0.29) is 6.04 Å². The molecule has 4 heteroatoms. The average molecular weight is 211 g/mol. The molecular weight excluding hydrogens is 190 g/mol. The molecule has 0 aromatic rings. The zero-order valence-corrected chi connectivity index (χ0v) is 9.66. The van der Waals surface area contributed by atoms with Crippen LogP contribution in [-0.4, -0.2) is 47.8 Å². The first-order chi connectivity index (χ1) is 7.15. The zero-order chi connectivity index (χ0) is 11.3. The molecule has 1 saturated heterocycles. The fourth-order valence-corrected chi connectivity index (χ4v) is 1.91. The smallest absolute Gasteiger partial charge is 0.110 e. The summed E-state index contributed by atoms with van der Waals surface area (Å²) in [4.78, 5) is 2.09. The molecule has 1 unspecified atom stereocenters. The number of piperazine rings is 1. The molecule has 1 rings (SSSR count). The minimum Gasteiger partial charge on any atom is -0.389 e. The van der Waals surface area contributed by atoms with Crippen molar-refractivity contribution in [3.8, 4) is 6.07 Å². The third-order valence-electron chi connectivity index (χ3n) is 3.32. The van der Waals surface area contributed by atoms with Gasteiger partial charge in [0.1, 0.15) is 6.04 Å². The number of hydrogen-bond acceptors (Lipinski definition) is 4. The van der Waals surface area contributed by atoms with E-state index < -0.39 is 5.60 Å². The SMILES string of the molecule is CCC(O)(CC)CN1CCNCC1C#N. The van der Waals surface area contributed by atoms with Crippen molar-refractivity contribution < 1.29 is 5.11 Å². The van der Waals surface area contributed by atoms with Gasteiger partial charge in [-0.2, -0.15) is 5.26 Å². The summed E-state index contributed by atoms with van der Waals surface area (Å²) in [6, 6.07) is 2.18. The fourth-order valence-electron chi connectivity index (χ4n) is 1.91. The van der Waals surface area contributed by atoms with Gasteiger partial charge >= 0.3 is 0 Å². The standard InChI is InChI=1S/C11H21N3O/c1-3-11(15,4-2)9-14-6-5-13-8-10(14)7-12/h10,13,15H,3-6,8-9H2,1-2H3. The molecule has 1 aliphatic rings. The highest BCUT2D eigenvalue weighted by atomic mass is 16.3. The van der Waals surface area contributed by atoms with Gasteiger partial charge < -0.3 is 10.4 Å². The first-order valence-corrected chi connectivity index (χ1v) is 5.72. The predicted molar refractivity (Wildman–Crippen MR) is 59.4 cm³/mol. The van der Waals surface area contributed by atoms with Crippen LogP contribution in [0.15, 0.2) is 0 Å². The number of nitrogens with one attached hydrogen (secondary N) is 1. The van der Waals surface area contributed by atoms with Gasteiger partial charge in [-0.25, -0.2) is 0 Å². The lowest BCUT2D eigenvalue weighted by Gasteiger charge is -2.38. The van der Waals surface area contributed by atoms with E-state index in [1.54, 1.807) is 0 Å². The number of β-amino-alcohol motifs (C(OH)–C–C–N with tert-alkyl or cyclic N) is 1. The first-order valence-electron chi connectivity index (χ1n) is 5.72. The van der Waals surface area contributed by atoms with E-state index in [1.165, 1.54) is 0 Å². The van der Waals surface area contributed by atoms with E-state index in [4.69, 9.17) is 5.26 Å². The van der Waals surface area contributed by atoms with Crippen LogP contribution in [0.4, 0.5) is 0 Å². The summed E-state index contributed by atoms with van der Waals surface area (Å²) in [7, 11) is 0. The van der Waals surface area contributed by atoms with Crippen LogP contribution < -0.4 is 5.32 Å². The highest BCUT2D eigenvalue weighted by molar-refractivity contribution is 4.98. The van der Waals surface area contributed by atoms with Crippen LogP contribution in [0, 0.1) is 11.3 Å². The molecular formula is C11H21N3O. The maximum atomic E-state index is 10.2. The van der Waals surface area contributed by atoms with Crippen molar-refractivity contribution in [2.75, 3.05) is 26.2 Å². The molecule has 1 atom stereocenters. The van der Waals surface area contributed by atoms with E-state index >= 15 is 0 Å². The Kier molecular flexibility index (Phi) is 4.52. The van der Waals surface area contributed by atoms with Crippen LogP contribution in [0.25, 0.3) is 0 Å². The largest absolute Gasteiger partial charge is 0.389 e. The van der Waals surface area contributed by atoms with Crippen molar-refractivity contribution >= 4 is 0 Å². The Morgan fingerprint density at radius 1 is 1.53 bits per heavy atom. The summed E-state index contributed by atoms with van der Waals surface area (Å²) in [5, 5.41) is 22.4. The summed E-state index contributed by atoms with van der Waals surface area (Å²) in [6.45, 7) is 7.06. The molecule has 0 aliphatic carbocycles. The maximum Gasteiger partial charge on any atom is 0.110 e. The molecule has 4 nitrogen and oxygen atoms in total. The molecule has 1 fully saturated rings. The Balaban J connectivity index is 2.58. The number of hydrogen-bond donors (Lipinski definition) is 2. The molecule has 1 aliphatic heterocycles. The van der Waals surface area contributed by atoms with Crippen LogP contribution >= 0.6 is 0 Å². The van der Waals surface area contributed by atoms with Crippen LogP contribution in [-0.2, 0) is 0 Å². The van der Waals surface area contributed by atoms with Crippen molar-refractivity contribution in [3.63, 3.8) is 0 Å². The van der Waals surface area contributed by atoms with Crippen LogP contribution in [0.1, 0.15) is 26.7 Å². The van der Waals surface area contributed by atoms with Gasteiger partial charge in [-0.3, -0.25) is 4.90 Å². The van der Waals surface area contributed by atoms with Gasteiger partial charge in [-0.15, -0.1) is 0 Å². The molecule has 1 heterocycles. The van der Waals surface area contributed by atoms with Crippen molar-refractivity contribution in [2.45, 2.75) is 38.3 Å². The van der Waals surface area contributed by atoms with Gasteiger partial charge in [-0.05, 0) is 12.8 Å². The van der Waals surface area contributed by atoms with Gasteiger partial charge in [0, 0.05) is 26.2 Å². The van der Waals surface area contributed by atoms with Gasteiger partial charge in [0.15, 0.2) is 0 Å². The molecule has 86 valence electrons. The lowest BCUT2D eigenvalue weighted by Crippen LogP contribution is -2.55. The summed E-state index contributed by atoms with van der Waals surface area (Å²) < 4.78 is 0. The molecule has 15 heavy (non-hydrogen) atoms. The fraction of sp³-hybridized carbons (Fsp3) is 0.909. The summed E-state index contributed by atoms with van der Waals surface area (Å²) in [5.74, 6) is 0. The topological polar surface area (TPSA) is 59.3 Å². The highest BCUT2D eigenvalue weighted by Crippen LogP contribution is 2.18. The van der Waals surface area contributed by atoms with Gasteiger partial charge in [0.25, 0.3) is 0 Å². The van der Waals surface area contributed by atoms with Crippen molar-refractivity contribution in [1.82, 2.24) is 10.2 Å². The molecule has 0 saturated carbocycles. The van der Waals surface area contributed by atoms with Gasteiger partial charge in [0.05, 0.1) is 11.7 Å². The number of aliphatic hydroxyl groups is 1.